The average Bonchev–Trinajstić information content (AvgIpc) is 2.97. The van der Waals surface area contributed by atoms with Crippen LogP contribution in [0.3, 0.4) is 0 Å². The fourth-order valence-electron chi connectivity index (χ4n) is 3.95. The molecule has 1 atom stereocenters. The fourth-order valence-corrected chi connectivity index (χ4v) is 3.95. The molecular weight excluding hydrogens is 244 g/mol. The summed E-state index contributed by atoms with van der Waals surface area (Å²) in [7, 11) is 0. The van der Waals surface area contributed by atoms with Crippen molar-refractivity contribution >= 4 is 0 Å². The van der Waals surface area contributed by atoms with E-state index >= 15 is 0 Å². The summed E-state index contributed by atoms with van der Waals surface area (Å²) in [6.07, 6.45) is 9.26. The maximum atomic E-state index is 3.90. The van der Waals surface area contributed by atoms with Gasteiger partial charge in [-0.2, -0.15) is 0 Å². The molecule has 0 saturated carbocycles. The molecule has 1 rings (SSSR count). The van der Waals surface area contributed by atoms with Crippen molar-refractivity contribution in [2.24, 2.45) is 5.92 Å². The molecule has 0 aromatic heterocycles. The van der Waals surface area contributed by atoms with Crippen LogP contribution >= 0.6 is 0 Å². The highest BCUT2D eigenvalue weighted by Crippen LogP contribution is 2.34. The molecule has 1 unspecified atom stereocenters. The monoisotopic (exact) mass is 282 g/mol. The van der Waals surface area contributed by atoms with Crippen LogP contribution in [0, 0.1) is 5.92 Å². The van der Waals surface area contributed by atoms with Crippen LogP contribution < -0.4 is 5.32 Å². The number of nitrogens with one attached hydrogen (secondary N) is 1. The smallest absolute Gasteiger partial charge is 0.0357 e. The minimum Gasteiger partial charge on any atom is -0.312 e. The largest absolute Gasteiger partial charge is 0.312 e. The second-order valence-electron chi connectivity index (χ2n) is 6.98. The van der Waals surface area contributed by atoms with Gasteiger partial charge in [0.2, 0.25) is 0 Å². The van der Waals surface area contributed by atoms with E-state index in [-0.39, 0.29) is 0 Å². The third-order valence-corrected chi connectivity index (χ3v) is 5.28. The van der Waals surface area contributed by atoms with Crippen LogP contribution in [-0.2, 0) is 0 Å². The van der Waals surface area contributed by atoms with Crippen molar-refractivity contribution in [1.82, 2.24) is 10.2 Å². The fraction of sp³-hybridized carbons (Fsp3) is 1.00. The first kappa shape index (κ1) is 18.0. The molecule has 0 bridgehead atoms. The SMILES string of the molecule is CCCNC(CCC(C)C)C(CC)(CC)N1CCCC1. The number of rotatable bonds is 10. The average molecular weight is 283 g/mol. The Hall–Kier alpha value is -0.0800. The van der Waals surface area contributed by atoms with Crippen molar-refractivity contribution in [3.8, 4) is 0 Å². The minimum atomic E-state index is 0.389. The van der Waals surface area contributed by atoms with E-state index in [4.69, 9.17) is 0 Å². The van der Waals surface area contributed by atoms with Gasteiger partial charge in [0.1, 0.15) is 0 Å². The van der Waals surface area contributed by atoms with Gasteiger partial charge in [-0.3, -0.25) is 4.90 Å². The van der Waals surface area contributed by atoms with E-state index in [2.05, 4.69) is 44.8 Å². The Labute approximate surface area is 127 Å². The van der Waals surface area contributed by atoms with Crippen molar-refractivity contribution in [3.05, 3.63) is 0 Å². The van der Waals surface area contributed by atoms with Crippen LogP contribution in [-0.4, -0.2) is 36.1 Å². The normalized spacial score (nSPS) is 18.9. The van der Waals surface area contributed by atoms with Crippen molar-refractivity contribution < 1.29 is 0 Å². The van der Waals surface area contributed by atoms with E-state index in [9.17, 15) is 0 Å². The summed E-state index contributed by atoms with van der Waals surface area (Å²) in [4.78, 5) is 2.81. The highest BCUT2D eigenvalue weighted by atomic mass is 15.2. The Morgan fingerprint density at radius 1 is 1.00 bits per heavy atom. The van der Waals surface area contributed by atoms with Crippen molar-refractivity contribution in [1.29, 1.82) is 0 Å². The Bertz CT molecular complexity index is 240. The molecule has 20 heavy (non-hydrogen) atoms. The lowest BCUT2D eigenvalue weighted by Gasteiger charge is -2.47. The second-order valence-corrected chi connectivity index (χ2v) is 6.98. The molecule has 2 heteroatoms. The zero-order valence-electron chi connectivity index (χ0n) is 14.7. The Morgan fingerprint density at radius 3 is 2.05 bits per heavy atom. The molecule has 1 fully saturated rings. The molecule has 0 amide bonds. The predicted molar refractivity (Wildman–Crippen MR) is 90.3 cm³/mol. The lowest BCUT2D eigenvalue weighted by atomic mass is 9.79. The summed E-state index contributed by atoms with van der Waals surface area (Å²) in [6, 6.07) is 0.665. The van der Waals surface area contributed by atoms with Crippen LogP contribution in [0.2, 0.25) is 0 Å². The Balaban J connectivity index is 2.83. The molecule has 1 aliphatic rings. The molecule has 1 heterocycles. The first-order chi connectivity index (χ1) is 9.60. The van der Waals surface area contributed by atoms with Gasteiger partial charge in [-0.05, 0) is 70.5 Å². The van der Waals surface area contributed by atoms with Crippen molar-refractivity contribution in [2.75, 3.05) is 19.6 Å². The molecule has 0 aromatic rings. The van der Waals surface area contributed by atoms with E-state index in [0.717, 1.165) is 5.92 Å². The third-order valence-electron chi connectivity index (χ3n) is 5.28. The van der Waals surface area contributed by atoms with Gasteiger partial charge in [0.05, 0.1) is 0 Å². The van der Waals surface area contributed by atoms with Crippen LogP contribution in [0.25, 0.3) is 0 Å². The third kappa shape index (κ3) is 4.46. The molecule has 0 radical (unpaired) electrons. The highest BCUT2D eigenvalue weighted by molar-refractivity contribution is 5.00. The minimum absolute atomic E-state index is 0.389. The molecule has 1 saturated heterocycles. The lowest BCUT2D eigenvalue weighted by Crippen LogP contribution is -2.60. The van der Waals surface area contributed by atoms with Gasteiger partial charge in [-0.25, -0.2) is 0 Å². The topological polar surface area (TPSA) is 15.3 Å². The molecule has 0 spiro atoms. The van der Waals surface area contributed by atoms with Gasteiger partial charge in [0, 0.05) is 11.6 Å². The van der Waals surface area contributed by atoms with Crippen LogP contribution in [0.5, 0.6) is 0 Å². The van der Waals surface area contributed by atoms with Gasteiger partial charge < -0.3 is 5.32 Å². The lowest BCUT2D eigenvalue weighted by molar-refractivity contribution is 0.0565. The van der Waals surface area contributed by atoms with E-state index in [0.29, 0.717) is 11.6 Å². The highest BCUT2D eigenvalue weighted by Gasteiger charge is 2.41. The maximum absolute atomic E-state index is 3.90. The number of hydrogen-bond donors (Lipinski definition) is 1. The van der Waals surface area contributed by atoms with E-state index in [1.54, 1.807) is 0 Å². The number of nitrogens with zero attached hydrogens (tertiary/aromatic N) is 1. The summed E-state index contributed by atoms with van der Waals surface area (Å²) in [5, 5.41) is 3.90. The quantitative estimate of drug-likeness (QED) is 0.637. The summed E-state index contributed by atoms with van der Waals surface area (Å²) < 4.78 is 0. The van der Waals surface area contributed by atoms with Gasteiger partial charge in [-0.1, -0.05) is 34.6 Å². The van der Waals surface area contributed by atoms with E-state index < -0.39 is 0 Å². The number of hydrogen-bond acceptors (Lipinski definition) is 2. The summed E-state index contributed by atoms with van der Waals surface area (Å²) >= 11 is 0. The van der Waals surface area contributed by atoms with Gasteiger partial charge in [0.25, 0.3) is 0 Å². The van der Waals surface area contributed by atoms with Crippen molar-refractivity contribution in [2.45, 2.75) is 91.1 Å². The summed E-state index contributed by atoms with van der Waals surface area (Å²) in [5.74, 6) is 0.811. The summed E-state index contributed by atoms with van der Waals surface area (Å²) in [6.45, 7) is 15.6. The zero-order valence-corrected chi connectivity index (χ0v) is 14.7. The zero-order chi connectivity index (χ0) is 15.0. The Kier molecular flexibility index (Phi) is 8.13. The van der Waals surface area contributed by atoms with Crippen LogP contribution in [0.4, 0.5) is 0 Å². The molecule has 1 aliphatic heterocycles. The maximum Gasteiger partial charge on any atom is 0.0357 e. The van der Waals surface area contributed by atoms with Gasteiger partial charge in [0.15, 0.2) is 0 Å². The van der Waals surface area contributed by atoms with Crippen LogP contribution in [0.15, 0.2) is 0 Å². The molecule has 120 valence electrons. The van der Waals surface area contributed by atoms with Gasteiger partial charge >= 0.3 is 0 Å². The Morgan fingerprint density at radius 2 is 1.60 bits per heavy atom. The first-order valence-electron chi connectivity index (χ1n) is 9.09. The van der Waals surface area contributed by atoms with E-state index in [1.807, 2.05) is 0 Å². The standard InChI is InChI=1S/C18H38N2/c1-6-13-19-17(12-11-16(4)5)18(7-2,8-3)20-14-9-10-15-20/h16-17,19H,6-15H2,1-5H3. The first-order valence-corrected chi connectivity index (χ1v) is 9.09. The molecule has 0 aliphatic carbocycles. The molecule has 0 aromatic carbocycles. The molecular formula is C18H38N2. The van der Waals surface area contributed by atoms with Crippen LogP contribution in [0.1, 0.15) is 79.6 Å². The molecule has 1 N–H and O–H groups in total. The predicted octanol–water partition coefficient (Wildman–Crippen LogP) is 4.45. The molecule has 2 nitrogen and oxygen atoms in total. The second kappa shape index (κ2) is 9.04. The number of likely N-dealkylation sites (tertiary alicyclic amines) is 1. The van der Waals surface area contributed by atoms with Gasteiger partial charge in [-0.15, -0.1) is 0 Å². The summed E-state index contributed by atoms with van der Waals surface area (Å²) in [5.41, 5.74) is 0.389. The van der Waals surface area contributed by atoms with Crippen molar-refractivity contribution in [3.63, 3.8) is 0 Å². The van der Waals surface area contributed by atoms with E-state index in [1.165, 1.54) is 64.6 Å².